The molecular formula is C26H31N3O9S. The molecule has 2 heterocycles. The molecule has 1 fully saturated rings. The number of nitrogens with zero attached hydrogens (tertiary/aromatic N) is 1. The highest BCUT2D eigenvalue weighted by Gasteiger charge is 2.54. The summed E-state index contributed by atoms with van der Waals surface area (Å²) < 4.78 is 15.1. The summed E-state index contributed by atoms with van der Waals surface area (Å²) >= 11 is 1.32. The SMILES string of the molecule is C/C=C/C1=C(C(=O)O)N2C(=O)[C@@H](NC(=O)C(NC(=O)OC(C)(C)C)c3ccc(OC(=O)OCC)cc3)[C@H]2SC1. The molecule has 0 spiro atoms. The van der Waals surface area contributed by atoms with E-state index in [0.29, 0.717) is 16.9 Å². The van der Waals surface area contributed by atoms with E-state index in [4.69, 9.17) is 14.2 Å². The summed E-state index contributed by atoms with van der Waals surface area (Å²) in [6, 6.07) is 3.50. The Labute approximate surface area is 229 Å². The minimum atomic E-state index is -1.28. The molecule has 39 heavy (non-hydrogen) atoms. The first kappa shape index (κ1) is 29.6. The molecule has 0 radical (unpaired) electrons. The third-order valence-electron chi connectivity index (χ3n) is 5.47. The lowest BCUT2D eigenvalue weighted by molar-refractivity contribution is -0.150. The van der Waals surface area contributed by atoms with Gasteiger partial charge in [-0.3, -0.25) is 14.5 Å². The van der Waals surface area contributed by atoms with Crippen molar-refractivity contribution in [3.63, 3.8) is 0 Å². The predicted molar refractivity (Wildman–Crippen MR) is 141 cm³/mol. The molecule has 12 nitrogen and oxygen atoms in total. The van der Waals surface area contributed by atoms with Crippen molar-refractivity contribution in [2.75, 3.05) is 12.4 Å². The quantitative estimate of drug-likeness (QED) is 0.244. The Morgan fingerprint density at radius 3 is 2.44 bits per heavy atom. The zero-order valence-corrected chi connectivity index (χ0v) is 23.0. The highest BCUT2D eigenvalue weighted by Crippen LogP contribution is 2.40. The Kier molecular flexibility index (Phi) is 9.28. The van der Waals surface area contributed by atoms with Gasteiger partial charge in [-0.15, -0.1) is 11.8 Å². The highest BCUT2D eigenvalue weighted by atomic mass is 32.2. The summed E-state index contributed by atoms with van der Waals surface area (Å²) in [5, 5.41) is 14.2. The number of alkyl carbamates (subject to hydrolysis) is 1. The summed E-state index contributed by atoms with van der Waals surface area (Å²) in [7, 11) is 0. The van der Waals surface area contributed by atoms with Gasteiger partial charge in [0.25, 0.3) is 5.91 Å². The van der Waals surface area contributed by atoms with Crippen molar-refractivity contribution >= 4 is 41.8 Å². The molecule has 2 aliphatic rings. The van der Waals surface area contributed by atoms with Crippen LogP contribution < -0.4 is 15.4 Å². The number of carbonyl (C=O) groups excluding carboxylic acids is 4. The van der Waals surface area contributed by atoms with E-state index in [9.17, 15) is 29.1 Å². The van der Waals surface area contributed by atoms with E-state index >= 15 is 0 Å². The van der Waals surface area contributed by atoms with Gasteiger partial charge < -0.3 is 30.0 Å². The molecular weight excluding hydrogens is 530 g/mol. The molecule has 210 valence electrons. The first-order valence-electron chi connectivity index (χ1n) is 12.1. The fourth-order valence-corrected chi connectivity index (χ4v) is 5.22. The number of amides is 3. The van der Waals surface area contributed by atoms with Gasteiger partial charge in [0, 0.05) is 5.75 Å². The molecule has 0 bridgehead atoms. The van der Waals surface area contributed by atoms with Crippen molar-refractivity contribution in [2.45, 2.75) is 57.7 Å². The molecule has 1 aromatic rings. The number of carbonyl (C=O) groups is 5. The number of carboxylic acid groups (broad SMARTS) is 1. The minimum absolute atomic E-state index is 0.118. The van der Waals surface area contributed by atoms with Crippen LogP contribution in [-0.2, 0) is 23.9 Å². The molecule has 1 aromatic carbocycles. The van der Waals surface area contributed by atoms with Crippen molar-refractivity contribution in [1.29, 1.82) is 0 Å². The van der Waals surface area contributed by atoms with E-state index in [1.807, 2.05) is 0 Å². The zero-order chi connectivity index (χ0) is 28.9. The smallest absolute Gasteiger partial charge is 0.477 e. The number of rotatable bonds is 8. The fraction of sp³-hybridized carbons (Fsp3) is 0.423. The maximum atomic E-state index is 13.4. The maximum Gasteiger partial charge on any atom is 0.513 e. The van der Waals surface area contributed by atoms with Crippen molar-refractivity contribution in [2.24, 2.45) is 0 Å². The van der Waals surface area contributed by atoms with Crippen LogP contribution in [0.1, 0.15) is 46.2 Å². The third-order valence-corrected chi connectivity index (χ3v) is 6.77. The summed E-state index contributed by atoms with van der Waals surface area (Å²) in [5.41, 5.74) is -0.140. The number of allylic oxidation sites excluding steroid dienone is 2. The molecule has 0 saturated carbocycles. The number of nitrogens with one attached hydrogen (secondary N) is 2. The molecule has 3 rings (SSSR count). The van der Waals surface area contributed by atoms with Crippen LogP contribution in [0.3, 0.4) is 0 Å². The van der Waals surface area contributed by atoms with Crippen molar-refractivity contribution < 1.29 is 43.3 Å². The third kappa shape index (κ3) is 7.11. The first-order chi connectivity index (χ1) is 18.4. The minimum Gasteiger partial charge on any atom is -0.477 e. The van der Waals surface area contributed by atoms with E-state index in [2.05, 4.69) is 10.6 Å². The zero-order valence-electron chi connectivity index (χ0n) is 22.2. The number of thioether (sulfide) groups is 1. The Bertz CT molecular complexity index is 1200. The largest absolute Gasteiger partial charge is 0.513 e. The molecule has 0 aromatic heterocycles. The number of hydrogen-bond donors (Lipinski definition) is 3. The molecule has 2 aliphatic heterocycles. The lowest BCUT2D eigenvalue weighted by atomic mass is 10.0. The molecule has 3 N–H and O–H groups in total. The fourth-order valence-electron chi connectivity index (χ4n) is 3.91. The predicted octanol–water partition coefficient (Wildman–Crippen LogP) is 3.10. The van der Waals surface area contributed by atoms with E-state index < -0.39 is 53.1 Å². The van der Waals surface area contributed by atoms with Crippen LogP contribution in [0.5, 0.6) is 5.75 Å². The van der Waals surface area contributed by atoms with Gasteiger partial charge in [-0.1, -0.05) is 24.3 Å². The molecule has 1 saturated heterocycles. The second kappa shape index (κ2) is 12.2. The summed E-state index contributed by atoms with van der Waals surface area (Å²) in [6.45, 7) is 8.52. The van der Waals surface area contributed by atoms with Crippen LogP contribution in [0.4, 0.5) is 9.59 Å². The van der Waals surface area contributed by atoms with Crippen LogP contribution in [-0.4, -0.2) is 69.4 Å². The Morgan fingerprint density at radius 1 is 1.21 bits per heavy atom. The summed E-state index contributed by atoms with van der Waals surface area (Å²) in [5.74, 6) is -2.02. The highest BCUT2D eigenvalue weighted by molar-refractivity contribution is 8.00. The normalized spacial score (nSPS) is 19.5. The van der Waals surface area contributed by atoms with E-state index in [1.54, 1.807) is 46.8 Å². The van der Waals surface area contributed by atoms with Gasteiger partial charge in [0.15, 0.2) is 0 Å². The van der Waals surface area contributed by atoms with E-state index in [-0.39, 0.29) is 18.1 Å². The summed E-state index contributed by atoms with van der Waals surface area (Å²) in [6.07, 6.45) is 1.58. The number of fused-ring (bicyclic) bond motifs is 1. The van der Waals surface area contributed by atoms with Gasteiger partial charge in [0.1, 0.15) is 34.5 Å². The Morgan fingerprint density at radius 2 is 1.87 bits per heavy atom. The molecule has 0 aliphatic carbocycles. The number of ether oxygens (including phenoxy) is 3. The van der Waals surface area contributed by atoms with Crippen molar-refractivity contribution in [3.8, 4) is 5.75 Å². The van der Waals surface area contributed by atoms with Gasteiger partial charge in [0.05, 0.1) is 6.61 Å². The molecule has 13 heteroatoms. The maximum absolute atomic E-state index is 13.4. The Hall–Kier alpha value is -4.00. The van der Waals surface area contributed by atoms with Crippen molar-refractivity contribution in [3.05, 3.63) is 53.3 Å². The monoisotopic (exact) mass is 561 g/mol. The summed E-state index contributed by atoms with van der Waals surface area (Å²) in [4.78, 5) is 63.5. The van der Waals surface area contributed by atoms with Gasteiger partial charge >= 0.3 is 18.2 Å². The molecule has 3 amide bonds. The van der Waals surface area contributed by atoms with E-state index in [1.165, 1.54) is 36.0 Å². The lowest BCUT2D eigenvalue weighted by Gasteiger charge is -2.49. The van der Waals surface area contributed by atoms with Crippen LogP contribution in [0.15, 0.2) is 47.7 Å². The van der Waals surface area contributed by atoms with Crippen LogP contribution >= 0.6 is 11.8 Å². The lowest BCUT2D eigenvalue weighted by Crippen LogP contribution is -2.71. The molecule has 1 unspecified atom stereocenters. The van der Waals surface area contributed by atoms with Crippen molar-refractivity contribution in [1.82, 2.24) is 15.5 Å². The standard InChI is InChI=1S/C26H31N3O9S/c1-6-8-15-13-39-22-18(21(31)29(22)19(15)23(32)33)27-20(30)17(28-24(34)38-26(3,4)5)14-9-11-16(12-10-14)37-25(35)36-7-2/h6,8-12,17-18,22H,7,13H2,1-5H3,(H,27,30)(H,28,34)(H,32,33)/b8-6+/t17?,18-,22-/m1/s1. The van der Waals surface area contributed by atoms with Gasteiger partial charge in [0.2, 0.25) is 5.91 Å². The second-order valence-corrected chi connectivity index (χ2v) is 10.6. The number of carboxylic acids is 1. The topological polar surface area (TPSA) is 161 Å². The second-order valence-electron chi connectivity index (χ2n) is 9.51. The van der Waals surface area contributed by atoms with Gasteiger partial charge in [-0.05, 0) is 57.9 Å². The first-order valence-corrected chi connectivity index (χ1v) is 13.2. The number of aliphatic carboxylic acids is 1. The molecule has 3 atom stereocenters. The Balaban J connectivity index is 1.81. The number of benzene rings is 1. The average molecular weight is 562 g/mol. The number of β-lactam (4-membered cyclic amide) rings is 1. The van der Waals surface area contributed by atoms with Crippen LogP contribution in [0, 0.1) is 0 Å². The average Bonchev–Trinajstić information content (AvgIpc) is 2.85. The van der Waals surface area contributed by atoms with E-state index in [0.717, 1.165) is 4.90 Å². The van der Waals surface area contributed by atoms with Crippen LogP contribution in [0.25, 0.3) is 0 Å². The van der Waals surface area contributed by atoms with Gasteiger partial charge in [-0.2, -0.15) is 0 Å². The van der Waals surface area contributed by atoms with Crippen LogP contribution in [0.2, 0.25) is 0 Å². The van der Waals surface area contributed by atoms with Gasteiger partial charge in [-0.25, -0.2) is 14.4 Å². The number of hydrogen-bond acceptors (Lipinski definition) is 9.